The fourth-order valence-corrected chi connectivity index (χ4v) is 1.75. The summed E-state index contributed by atoms with van der Waals surface area (Å²) in [6.07, 6.45) is 1.41. The molecule has 0 radical (unpaired) electrons. The first kappa shape index (κ1) is 15.5. The van der Waals surface area contributed by atoms with Crippen molar-refractivity contribution in [3.8, 4) is 11.3 Å². The summed E-state index contributed by atoms with van der Waals surface area (Å²) in [6, 6.07) is 10.4. The molecule has 1 amide bonds. The lowest BCUT2D eigenvalue weighted by Gasteiger charge is -2.02. The van der Waals surface area contributed by atoms with Crippen LogP contribution in [0.2, 0.25) is 0 Å². The van der Waals surface area contributed by atoms with Crippen molar-refractivity contribution < 1.29 is 18.7 Å². The van der Waals surface area contributed by atoms with Crippen LogP contribution in [-0.2, 0) is 9.53 Å². The van der Waals surface area contributed by atoms with Crippen molar-refractivity contribution in [1.82, 2.24) is 5.43 Å². The lowest BCUT2D eigenvalue weighted by molar-refractivity contribution is -0.118. The van der Waals surface area contributed by atoms with Crippen LogP contribution in [0.4, 0.5) is 0 Å². The van der Waals surface area contributed by atoms with Gasteiger partial charge in [0.05, 0.1) is 18.4 Å². The maximum Gasteiger partial charge on any atom is 0.338 e. The van der Waals surface area contributed by atoms with Crippen LogP contribution in [0.15, 0.2) is 45.9 Å². The quantitative estimate of drug-likeness (QED) is 0.523. The van der Waals surface area contributed by atoms with E-state index in [1.807, 2.05) is 0 Å². The molecule has 6 nitrogen and oxygen atoms in total. The molecule has 22 heavy (non-hydrogen) atoms. The van der Waals surface area contributed by atoms with Crippen LogP contribution < -0.4 is 5.43 Å². The van der Waals surface area contributed by atoms with Crippen LogP contribution in [0.3, 0.4) is 0 Å². The number of benzene rings is 1. The molecule has 1 N–H and O–H groups in total. The number of hydrogen-bond donors (Lipinski definition) is 1. The Morgan fingerprint density at radius 3 is 2.59 bits per heavy atom. The Balaban J connectivity index is 2.09. The Labute approximate surface area is 127 Å². The van der Waals surface area contributed by atoms with E-state index >= 15 is 0 Å². The van der Waals surface area contributed by atoms with Gasteiger partial charge in [0.2, 0.25) is 5.91 Å². The molecule has 0 fully saturated rings. The van der Waals surface area contributed by atoms with Gasteiger partial charge in [0.1, 0.15) is 11.5 Å². The molecule has 0 aliphatic rings. The van der Waals surface area contributed by atoms with Gasteiger partial charge in [0.15, 0.2) is 0 Å². The number of carbonyl (C=O) groups is 2. The smallest absolute Gasteiger partial charge is 0.338 e. The van der Waals surface area contributed by atoms with Crippen molar-refractivity contribution in [2.24, 2.45) is 5.10 Å². The number of rotatable bonds is 5. The molecule has 6 heteroatoms. The second-order valence-corrected chi connectivity index (χ2v) is 4.43. The summed E-state index contributed by atoms with van der Waals surface area (Å²) in [7, 11) is 0. The summed E-state index contributed by atoms with van der Waals surface area (Å²) in [5.74, 6) is 0.548. The fraction of sp³-hybridized carbons (Fsp3) is 0.188. The van der Waals surface area contributed by atoms with Crippen molar-refractivity contribution >= 4 is 18.1 Å². The highest BCUT2D eigenvalue weighted by Gasteiger charge is 2.08. The molecule has 0 saturated carbocycles. The van der Waals surface area contributed by atoms with E-state index in [1.165, 1.54) is 13.1 Å². The summed E-state index contributed by atoms with van der Waals surface area (Å²) in [5.41, 5.74) is 3.61. The zero-order valence-corrected chi connectivity index (χ0v) is 12.3. The van der Waals surface area contributed by atoms with Gasteiger partial charge in [-0.05, 0) is 31.2 Å². The molecular formula is C16H16N2O4. The maximum absolute atomic E-state index is 11.6. The van der Waals surface area contributed by atoms with E-state index in [2.05, 4.69) is 10.5 Å². The fourth-order valence-electron chi connectivity index (χ4n) is 1.75. The average molecular weight is 300 g/mol. The topological polar surface area (TPSA) is 80.9 Å². The van der Waals surface area contributed by atoms with E-state index in [9.17, 15) is 9.59 Å². The molecule has 0 bridgehead atoms. The number of furan rings is 1. The van der Waals surface area contributed by atoms with Gasteiger partial charge in [-0.15, -0.1) is 0 Å². The highest BCUT2D eigenvalue weighted by atomic mass is 16.5. The number of nitrogens with zero attached hydrogens (tertiary/aromatic N) is 1. The molecule has 0 aliphatic heterocycles. The summed E-state index contributed by atoms with van der Waals surface area (Å²) in [5, 5.41) is 3.73. The first-order chi connectivity index (χ1) is 10.6. The summed E-state index contributed by atoms with van der Waals surface area (Å²) in [4.78, 5) is 22.3. The second kappa shape index (κ2) is 7.21. The molecule has 2 rings (SSSR count). The Morgan fingerprint density at radius 1 is 1.23 bits per heavy atom. The monoisotopic (exact) mass is 300 g/mol. The van der Waals surface area contributed by atoms with Gasteiger partial charge < -0.3 is 9.15 Å². The predicted molar refractivity (Wildman–Crippen MR) is 81.5 cm³/mol. The Bertz CT molecular complexity index is 686. The molecule has 0 saturated heterocycles. The van der Waals surface area contributed by atoms with E-state index in [4.69, 9.17) is 9.15 Å². The van der Waals surface area contributed by atoms with Gasteiger partial charge in [-0.2, -0.15) is 5.10 Å². The van der Waals surface area contributed by atoms with Crippen molar-refractivity contribution in [3.63, 3.8) is 0 Å². The number of esters is 1. The highest BCUT2D eigenvalue weighted by Crippen LogP contribution is 2.22. The normalized spacial score (nSPS) is 10.6. The van der Waals surface area contributed by atoms with E-state index in [-0.39, 0.29) is 11.9 Å². The van der Waals surface area contributed by atoms with Crippen LogP contribution in [0.25, 0.3) is 11.3 Å². The van der Waals surface area contributed by atoms with Crippen molar-refractivity contribution in [2.75, 3.05) is 6.61 Å². The minimum absolute atomic E-state index is 0.252. The largest absolute Gasteiger partial charge is 0.462 e. The Morgan fingerprint density at radius 2 is 1.95 bits per heavy atom. The standard InChI is InChI=1S/C16H16N2O4/c1-3-21-16(20)13-6-4-12(5-7-13)15-9-8-14(22-15)10-17-18-11(2)19/h4-10H,3H2,1-2H3,(H,18,19)/b17-10-. The lowest BCUT2D eigenvalue weighted by Crippen LogP contribution is -2.12. The van der Waals surface area contributed by atoms with Gasteiger partial charge in [0.25, 0.3) is 0 Å². The number of hydrogen-bond acceptors (Lipinski definition) is 5. The van der Waals surface area contributed by atoms with Crippen LogP contribution in [0, 0.1) is 0 Å². The second-order valence-electron chi connectivity index (χ2n) is 4.43. The molecule has 1 heterocycles. The van der Waals surface area contributed by atoms with E-state index in [0.717, 1.165) is 5.56 Å². The highest BCUT2D eigenvalue weighted by molar-refractivity contribution is 5.90. The maximum atomic E-state index is 11.6. The molecule has 114 valence electrons. The van der Waals surface area contributed by atoms with Gasteiger partial charge in [-0.3, -0.25) is 4.79 Å². The van der Waals surface area contributed by atoms with E-state index in [0.29, 0.717) is 23.7 Å². The molecular weight excluding hydrogens is 284 g/mol. The predicted octanol–water partition coefficient (Wildman–Crippen LogP) is 2.59. The van der Waals surface area contributed by atoms with Crippen molar-refractivity contribution in [2.45, 2.75) is 13.8 Å². The molecule has 0 unspecified atom stereocenters. The van der Waals surface area contributed by atoms with Gasteiger partial charge >= 0.3 is 5.97 Å². The summed E-state index contributed by atoms with van der Waals surface area (Å²) in [6.45, 7) is 3.48. The van der Waals surface area contributed by atoms with Crippen LogP contribution in [0.5, 0.6) is 0 Å². The van der Waals surface area contributed by atoms with E-state index in [1.54, 1.807) is 43.3 Å². The Kier molecular flexibility index (Phi) is 5.08. The van der Waals surface area contributed by atoms with Gasteiger partial charge in [0, 0.05) is 12.5 Å². The number of amides is 1. The first-order valence-corrected chi connectivity index (χ1v) is 6.77. The lowest BCUT2D eigenvalue weighted by atomic mass is 10.1. The summed E-state index contributed by atoms with van der Waals surface area (Å²) < 4.78 is 10.5. The van der Waals surface area contributed by atoms with Crippen molar-refractivity contribution in [1.29, 1.82) is 0 Å². The molecule has 0 spiro atoms. The van der Waals surface area contributed by atoms with Crippen LogP contribution in [-0.4, -0.2) is 24.7 Å². The third kappa shape index (κ3) is 4.05. The molecule has 0 aliphatic carbocycles. The number of hydrazone groups is 1. The molecule has 2 aromatic rings. The van der Waals surface area contributed by atoms with Gasteiger partial charge in [-0.25, -0.2) is 10.2 Å². The first-order valence-electron chi connectivity index (χ1n) is 6.77. The third-order valence-electron chi connectivity index (χ3n) is 2.72. The number of carbonyl (C=O) groups excluding carboxylic acids is 2. The zero-order valence-electron chi connectivity index (χ0n) is 12.3. The SMILES string of the molecule is CCOC(=O)c1ccc(-c2ccc(/C=N\NC(C)=O)o2)cc1. The minimum atomic E-state index is -0.350. The molecule has 1 aromatic carbocycles. The number of nitrogens with one attached hydrogen (secondary N) is 1. The summed E-state index contributed by atoms with van der Waals surface area (Å²) >= 11 is 0. The van der Waals surface area contributed by atoms with Gasteiger partial charge in [-0.1, -0.05) is 12.1 Å². The molecule has 1 aromatic heterocycles. The van der Waals surface area contributed by atoms with Crippen molar-refractivity contribution in [3.05, 3.63) is 47.7 Å². The third-order valence-corrected chi connectivity index (χ3v) is 2.72. The van der Waals surface area contributed by atoms with E-state index < -0.39 is 0 Å². The van der Waals surface area contributed by atoms with Crippen LogP contribution >= 0.6 is 0 Å². The average Bonchev–Trinajstić information content (AvgIpc) is 2.96. The Hall–Kier alpha value is -2.89. The molecule has 0 atom stereocenters. The number of ether oxygens (including phenoxy) is 1. The van der Waals surface area contributed by atoms with Crippen LogP contribution in [0.1, 0.15) is 30.0 Å². The minimum Gasteiger partial charge on any atom is -0.462 e. The zero-order chi connectivity index (χ0) is 15.9.